The molecule has 0 aliphatic heterocycles. The Morgan fingerprint density at radius 3 is 2.69 bits per heavy atom. The van der Waals surface area contributed by atoms with Crippen LogP contribution in [0.3, 0.4) is 0 Å². The van der Waals surface area contributed by atoms with Crippen molar-refractivity contribution < 1.29 is 14.6 Å². The molecular weight excluding hydrogens is 450 g/mol. The third-order valence-electron chi connectivity index (χ3n) is 11.7. The van der Waals surface area contributed by atoms with Crippen LogP contribution in [0.4, 0.5) is 0 Å². The Morgan fingerprint density at radius 2 is 1.92 bits per heavy atom. The van der Waals surface area contributed by atoms with Gasteiger partial charge in [0.15, 0.2) is 5.78 Å². The van der Waals surface area contributed by atoms with Gasteiger partial charge in [0.1, 0.15) is 17.8 Å². The van der Waals surface area contributed by atoms with Gasteiger partial charge in [0.05, 0.1) is 18.2 Å². The first kappa shape index (κ1) is 24.4. The fourth-order valence-electron chi connectivity index (χ4n) is 9.92. The van der Waals surface area contributed by atoms with Gasteiger partial charge >= 0.3 is 0 Å². The van der Waals surface area contributed by atoms with Gasteiger partial charge in [-0.2, -0.15) is 0 Å². The van der Waals surface area contributed by atoms with Crippen molar-refractivity contribution in [1.29, 1.82) is 0 Å². The smallest absolute Gasteiger partial charge is 0.158 e. The maximum absolute atomic E-state index is 13.9. The van der Waals surface area contributed by atoms with E-state index in [-0.39, 0.29) is 11.3 Å². The zero-order valence-electron chi connectivity index (χ0n) is 22.7. The molecule has 4 fully saturated rings. The lowest BCUT2D eigenvalue weighted by Gasteiger charge is -2.61. The second kappa shape index (κ2) is 8.28. The van der Waals surface area contributed by atoms with E-state index in [1.807, 2.05) is 25.1 Å². The summed E-state index contributed by atoms with van der Waals surface area (Å²) in [5, 5.41) is 19.4. The van der Waals surface area contributed by atoms with Gasteiger partial charge in [-0.25, -0.2) is 4.68 Å². The molecule has 1 N–H and O–H groups in total. The molecule has 4 aliphatic rings. The van der Waals surface area contributed by atoms with Crippen LogP contribution in [0.2, 0.25) is 0 Å². The van der Waals surface area contributed by atoms with Crippen molar-refractivity contribution in [1.82, 2.24) is 15.0 Å². The van der Waals surface area contributed by atoms with E-state index in [2.05, 4.69) is 31.1 Å². The highest BCUT2D eigenvalue weighted by Crippen LogP contribution is 2.69. The number of Topliss-reactive ketones (excluding diaryl/α,β-unsaturated/α-hetero) is 1. The number of aliphatic hydroxyl groups is 1. The molecule has 0 bridgehead atoms. The van der Waals surface area contributed by atoms with Crippen LogP contribution in [-0.4, -0.2) is 38.6 Å². The molecule has 6 rings (SSSR count). The lowest BCUT2D eigenvalue weighted by molar-refractivity contribution is -0.151. The number of ether oxygens (including phenoxy) is 1. The second-order valence-corrected chi connectivity index (χ2v) is 13.7. The zero-order valence-corrected chi connectivity index (χ0v) is 22.7. The van der Waals surface area contributed by atoms with Gasteiger partial charge in [-0.1, -0.05) is 26.0 Å². The van der Waals surface area contributed by atoms with Gasteiger partial charge in [-0.15, -0.1) is 5.10 Å². The van der Waals surface area contributed by atoms with Gasteiger partial charge < -0.3 is 9.84 Å². The van der Waals surface area contributed by atoms with Gasteiger partial charge in [-0.05, 0) is 111 Å². The fourth-order valence-corrected chi connectivity index (χ4v) is 9.92. The number of nitrogens with zero attached hydrogens (tertiary/aromatic N) is 3. The molecule has 6 heteroatoms. The number of fused-ring (bicyclic) bond motifs is 6. The number of ketones is 1. The Labute approximate surface area is 215 Å². The van der Waals surface area contributed by atoms with Crippen molar-refractivity contribution in [3.05, 3.63) is 18.2 Å². The van der Waals surface area contributed by atoms with E-state index in [0.717, 1.165) is 48.4 Å². The van der Waals surface area contributed by atoms with Crippen molar-refractivity contribution in [2.45, 2.75) is 91.2 Å². The molecule has 4 saturated carbocycles. The van der Waals surface area contributed by atoms with Crippen LogP contribution in [-0.2, 0) is 11.3 Å². The minimum absolute atomic E-state index is 0.0701. The number of carbonyl (C=O) groups excluding carboxylic acids is 1. The fraction of sp³-hybridized carbons (Fsp3) is 0.767. The van der Waals surface area contributed by atoms with Crippen molar-refractivity contribution in [3.63, 3.8) is 0 Å². The highest BCUT2D eigenvalue weighted by Gasteiger charge is 2.63. The Morgan fingerprint density at radius 1 is 1.11 bits per heavy atom. The van der Waals surface area contributed by atoms with E-state index < -0.39 is 5.60 Å². The topological polar surface area (TPSA) is 77.2 Å². The van der Waals surface area contributed by atoms with E-state index in [9.17, 15) is 9.90 Å². The summed E-state index contributed by atoms with van der Waals surface area (Å²) in [5.74, 6) is 4.27. The number of hydrogen-bond acceptors (Lipinski definition) is 5. The molecule has 6 nitrogen and oxygen atoms in total. The van der Waals surface area contributed by atoms with Gasteiger partial charge in [0.2, 0.25) is 0 Å². The number of rotatable bonds is 4. The minimum atomic E-state index is -0.490. The highest BCUT2D eigenvalue weighted by molar-refractivity contribution is 5.84. The van der Waals surface area contributed by atoms with Crippen molar-refractivity contribution in [2.24, 2.45) is 46.3 Å². The number of carbonyl (C=O) groups is 1. The van der Waals surface area contributed by atoms with E-state index in [1.54, 1.807) is 11.8 Å². The van der Waals surface area contributed by atoms with Crippen LogP contribution < -0.4 is 4.74 Å². The largest absolute Gasteiger partial charge is 0.497 e. The average Bonchev–Trinajstić information content (AvgIpc) is 3.35. The molecule has 4 aliphatic carbocycles. The molecule has 9 atom stereocenters. The Hall–Kier alpha value is -1.95. The molecule has 0 amide bonds. The zero-order chi connectivity index (χ0) is 25.5. The Kier molecular flexibility index (Phi) is 5.61. The maximum atomic E-state index is 13.9. The summed E-state index contributed by atoms with van der Waals surface area (Å²) < 4.78 is 7.10. The first-order chi connectivity index (χ1) is 17.1. The summed E-state index contributed by atoms with van der Waals surface area (Å²) in [7, 11) is 1.65. The standard InChI is InChI=1S/C30H43N3O3/c1-18-14-23-21-8-6-19-16-28(2,35)12-13-29(19,3)22(21)10-11-30(23,4)27(18)26(34)17-33-25-9-7-20(36-5)15-24(25)31-32-33/h7,9,15,18-19,21-23,27,35H,6,8,10-14,16-17H2,1-5H3/t18?,19-,21+,22-,23?,27?,28+,29-,30-/m0/s1. The van der Waals surface area contributed by atoms with Crippen LogP contribution in [0.15, 0.2) is 18.2 Å². The van der Waals surface area contributed by atoms with Crippen molar-refractivity contribution in [3.8, 4) is 5.75 Å². The van der Waals surface area contributed by atoms with Crippen molar-refractivity contribution in [2.75, 3.05) is 7.11 Å². The van der Waals surface area contributed by atoms with Crippen LogP contribution >= 0.6 is 0 Å². The summed E-state index contributed by atoms with van der Waals surface area (Å²) in [6, 6.07) is 5.74. The first-order valence-corrected chi connectivity index (χ1v) is 14.2. The van der Waals surface area contributed by atoms with Gasteiger partial charge in [-0.3, -0.25) is 4.79 Å². The molecule has 1 aromatic heterocycles. The molecule has 36 heavy (non-hydrogen) atoms. The summed E-state index contributed by atoms with van der Waals surface area (Å²) in [4.78, 5) is 13.9. The minimum Gasteiger partial charge on any atom is -0.497 e. The van der Waals surface area contributed by atoms with Gasteiger partial charge in [0, 0.05) is 12.0 Å². The summed E-state index contributed by atoms with van der Waals surface area (Å²) >= 11 is 0. The molecule has 196 valence electrons. The molecular formula is C30H43N3O3. The highest BCUT2D eigenvalue weighted by atomic mass is 16.5. The third kappa shape index (κ3) is 3.57. The predicted molar refractivity (Wildman–Crippen MR) is 139 cm³/mol. The number of aromatic nitrogens is 3. The molecule has 1 aromatic carbocycles. The Balaban J connectivity index is 1.24. The van der Waals surface area contributed by atoms with Crippen LogP contribution in [0, 0.1) is 46.3 Å². The number of methoxy groups -OCH3 is 1. The van der Waals surface area contributed by atoms with Crippen LogP contribution in [0.1, 0.15) is 79.1 Å². The predicted octanol–water partition coefficient (Wildman–Crippen LogP) is 5.66. The van der Waals surface area contributed by atoms with E-state index in [1.165, 1.54) is 25.7 Å². The first-order valence-electron chi connectivity index (χ1n) is 14.2. The summed E-state index contributed by atoms with van der Waals surface area (Å²) in [6.45, 7) is 9.63. The molecule has 0 spiro atoms. The molecule has 1 heterocycles. The molecule has 3 unspecified atom stereocenters. The maximum Gasteiger partial charge on any atom is 0.158 e. The lowest BCUT2D eigenvalue weighted by atomic mass is 9.44. The third-order valence-corrected chi connectivity index (χ3v) is 11.7. The summed E-state index contributed by atoms with van der Waals surface area (Å²) in [6.07, 6.45) is 9.10. The molecule has 0 radical (unpaired) electrons. The Bertz CT molecular complexity index is 1170. The summed E-state index contributed by atoms with van der Waals surface area (Å²) in [5.41, 5.74) is 1.58. The second-order valence-electron chi connectivity index (χ2n) is 13.7. The van der Waals surface area contributed by atoms with Crippen molar-refractivity contribution >= 4 is 16.8 Å². The number of hydrogen-bond donors (Lipinski definition) is 1. The lowest BCUT2D eigenvalue weighted by Crippen LogP contribution is -2.55. The average molecular weight is 494 g/mol. The molecule has 0 saturated heterocycles. The van der Waals surface area contributed by atoms with E-state index in [4.69, 9.17) is 4.74 Å². The SMILES string of the molecule is COc1ccc2c(c1)nnn2CC(=O)C1C(C)CC2[C@@H]3CC[C@H]4C[C@](C)(O)CC[C@]4(C)[C@H]3CC[C@]12C. The van der Waals surface area contributed by atoms with E-state index in [0.29, 0.717) is 41.4 Å². The monoisotopic (exact) mass is 493 g/mol. The van der Waals surface area contributed by atoms with Gasteiger partial charge in [0.25, 0.3) is 0 Å². The number of benzene rings is 1. The molecule has 2 aromatic rings. The normalized spacial score (nSPS) is 44.1. The quantitative estimate of drug-likeness (QED) is 0.594. The van der Waals surface area contributed by atoms with E-state index >= 15 is 0 Å². The van der Waals surface area contributed by atoms with Crippen LogP contribution in [0.5, 0.6) is 5.75 Å². The van der Waals surface area contributed by atoms with Crippen LogP contribution in [0.25, 0.3) is 11.0 Å².